The standard InChI is InChI=1S/C10H20O2/c1-2-12-8-7-10(11)9-5-3-4-6-9/h9-11H,2-8H2,1H3. The molecule has 1 aliphatic rings. The Kier molecular flexibility index (Phi) is 4.62. The van der Waals surface area contributed by atoms with Crippen LogP contribution in [0.4, 0.5) is 0 Å². The molecule has 0 heterocycles. The summed E-state index contributed by atoms with van der Waals surface area (Å²) in [5, 5.41) is 9.70. The summed E-state index contributed by atoms with van der Waals surface area (Å²) in [7, 11) is 0. The Morgan fingerprint density at radius 2 is 2.08 bits per heavy atom. The Morgan fingerprint density at radius 3 is 2.67 bits per heavy atom. The number of rotatable bonds is 5. The van der Waals surface area contributed by atoms with Gasteiger partial charge >= 0.3 is 0 Å². The maximum atomic E-state index is 9.70. The summed E-state index contributed by atoms with van der Waals surface area (Å²) < 4.78 is 5.20. The van der Waals surface area contributed by atoms with Crippen LogP contribution in [0, 0.1) is 5.92 Å². The topological polar surface area (TPSA) is 29.5 Å². The van der Waals surface area contributed by atoms with Gasteiger partial charge in [0.2, 0.25) is 0 Å². The van der Waals surface area contributed by atoms with Gasteiger partial charge in [0.05, 0.1) is 6.10 Å². The van der Waals surface area contributed by atoms with Crippen molar-refractivity contribution in [3.05, 3.63) is 0 Å². The van der Waals surface area contributed by atoms with Gasteiger partial charge in [-0.15, -0.1) is 0 Å². The summed E-state index contributed by atoms with van der Waals surface area (Å²) in [4.78, 5) is 0. The lowest BCUT2D eigenvalue weighted by Crippen LogP contribution is -2.19. The zero-order valence-corrected chi connectivity index (χ0v) is 7.96. The van der Waals surface area contributed by atoms with Gasteiger partial charge < -0.3 is 9.84 Å². The smallest absolute Gasteiger partial charge is 0.0590 e. The van der Waals surface area contributed by atoms with Crippen molar-refractivity contribution in [3.8, 4) is 0 Å². The van der Waals surface area contributed by atoms with Gasteiger partial charge in [-0.2, -0.15) is 0 Å². The van der Waals surface area contributed by atoms with Crippen molar-refractivity contribution in [2.45, 2.75) is 45.1 Å². The van der Waals surface area contributed by atoms with E-state index in [1.165, 1.54) is 25.7 Å². The molecule has 0 aromatic heterocycles. The SMILES string of the molecule is CCOCCC(O)C1CCCC1. The maximum Gasteiger partial charge on any atom is 0.0590 e. The first-order valence-corrected chi connectivity index (χ1v) is 5.10. The maximum absolute atomic E-state index is 9.70. The second kappa shape index (κ2) is 5.55. The van der Waals surface area contributed by atoms with Gasteiger partial charge in [0.1, 0.15) is 0 Å². The van der Waals surface area contributed by atoms with E-state index in [0.29, 0.717) is 12.5 Å². The van der Waals surface area contributed by atoms with Gasteiger partial charge in [-0.05, 0) is 32.1 Å². The minimum Gasteiger partial charge on any atom is -0.393 e. The zero-order chi connectivity index (χ0) is 8.81. The largest absolute Gasteiger partial charge is 0.393 e. The van der Waals surface area contributed by atoms with Gasteiger partial charge in [0, 0.05) is 13.2 Å². The predicted molar refractivity (Wildman–Crippen MR) is 49.1 cm³/mol. The normalized spacial score (nSPS) is 21.5. The summed E-state index contributed by atoms with van der Waals surface area (Å²) >= 11 is 0. The highest BCUT2D eigenvalue weighted by Gasteiger charge is 2.22. The average molecular weight is 172 g/mol. The Hall–Kier alpha value is -0.0800. The van der Waals surface area contributed by atoms with Crippen LogP contribution < -0.4 is 0 Å². The fourth-order valence-electron chi connectivity index (χ4n) is 1.93. The lowest BCUT2D eigenvalue weighted by molar-refractivity contribution is 0.0563. The number of hydrogen-bond donors (Lipinski definition) is 1. The van der Waals surface area contributed by atoms with Crippen LogP contribution >= 0.6 is 0 Å². The van der Waals surface area contributed by atoms with Gasteiger partial charge in [-0.1, -0.05) is 12.8 Å². The Bertz CT molecular complexity index is 108. The molecule has 0 radical (unpaired) electrons. The van der Waals surface area contributed by atoms with Crippen LogP contribution in [0.3, 0.4) is 0 Å². The van der Waals surface area contributed by atoms with E-state index < -0.39 is 0 Å². The molecule has 0 spiro atoms. The van der Waals surface area contributed by atoms with E-state index in [2.05, 4.69) is 0 Å². The van der Waals surface area contributed by atoms with Crippen LogP contribution in [0.25, 0.3) is 0 Å². The van der Waals surface area contributed by atoms with Crippen molar-refractivity contribution < 1.29 is 9.84 Å². The number of aliphatic hydroxyl groups excluding tert-OH is 1. The number of ether oxygens (including phenoxy) is 1. The second-order valence-corrected chi connectivity index (χ2v) is 3.60. The van der Waals surface area contributed by atoms with Crippen molar-refractivity contribution in [2.24, 2.45) is 5.92 Å². The van der Waals surface area contributed by atoms with E-state index in [9.17, 15) is 5.11 Å². The predicted octanol–water partition coefficient (Wildman–Crippen LogP) is 1.96. The molecule has 2 heteroatoms. The molecule has 0 aromatic rings. The molecule has 1 saturated carbocycles. The fourth-order valence-corrected chi connectivity index (χ4v) is 1.93. The number of hydrogen-bond acceptors (Lipinski definition) is 2. The van der Waals surface area contributed by atoms with Crippen molar-refractivity contribution in [1.82, 2.24) is 0 Å². The highest BCUT2D eigenvalue weighted by atomic mass is 16.5. The molecule has 1 fully saturated rings. The minimum absolute atomic E-state index is 0.112. The quantitative estimate of drug-likeness (QED) is 0.642. The minimum atomic E-state index is -0.112. The molecular formula is C10H20O2. The first-order chi connectivity index (χ1) is 5.84. The molecule has 2 nitrogen and oxygen atoms in total. The fraction of sp³-hybridized carbons (Fsp3) is 1.00. The van der Waals surface area contributed by atoms with Crippen LogP contribution in [0.5, 0.6) is 0 Å². The van der Waals surface area contributed by atoms with Crippen LogP contribution in [0.2, 0.25) is 0 Å². The van der Waals surface area contributed by atoms with Gasteiger partial charge in [0.25, 0.3) is 0 Å². The first kappa shape index (κ1) is 10.0. The molecule has 1 N–H and O–H groups in total. The molecule has 1 atom stereocenters. The van der Waals surface area contributed by atoms with Crippen LogP contribution in [0.1, 0.15) is 39.0 Å². The third-order valence-electron chi connectivity index (χ3n) is 2.71. The lowest BCUT2D eigenvalue weighted by Gasteiger charge is -2.16. The Labute approximate surface area is 74.9 Å². The molecule has 0 bridgehead atoms. The molecule has 0 aromatic carbocycles. The van der Waals surface area contributed by atoms with Gasteiger partial charge in [-0.3, -0.25) is 0 Å². The highest BCUT2D eigenvalue weighted by Crippen LogP contribution is 2.28. The van der Waals surface area contributed by atoms with Crippen LogP contribution in [-0.4, -0.2) is 24.4 Å². The first-order valence-electron chi connectivity index (χ1n) is 5.10. The molecular weight excluding hydrogens is 152 g/mol. The average Bonchev–Trinajstić information content (AvgIpc) is 2.56. The highest BCUT2D eigenvalue weighted by molar-refractivity contribution is 4.74. The molecule has 72 valence electrons. The molecule has 1 aliphatic carbocycles. The molecule has 12 heavy (non-hydrogen) atoms. The Morgan fingerprint density at radius 1 is 1.42 bits per heavy atom. The zero-order valence-electron chi connectivity index (χ0n) is 7.96. The van der Waals surface area contributed by atoms with E-state index in [4.69, 9.17) is 4.74 Å². The molecule has 0 aliphatic heterocycles. The van der Waals surface area contributed by atoms with Crippen molar-refractivity contribution >= 4 is 0 Å². The van der Waals surface area contributed by atoms with E-state index >= 15 is 0 Å². The lowest BCUT2D eigenvalue weighted by atomic mass is 9.99. The van der Waals surface area contributed by atoms with E-state index in [1.807, 2.05) is 6.92 Å². The van der Waals surface area contributed by atoms with Crippen molar-refractivity contribution in [1.29, 1.82) is 0 Å². The van der Waals surface area contributed by atoms with Gasteiger partial charge in [0.15, 0.2) is 0 Å². The Balaban J connectivity index is 2.05. The van der Waals surface area contributed by atoms with E-state index in [1.54, 1.807) is 0 Å². The summed E-state index contributed by atoms with van der Waals surface area (Å²) in [5.74, 6) is 0.561. The van der Waals surface area contributed by atoms with E-state index in [-0.39, 0.29) is 6.10 Å². The van der Waals surface area contributed by atoms with Crippen LogP contribution in [-0.2, 0) is 4.74 Å². The molecule has 0 amide bonds. The molecule has 1 rings (SSSR count). The summed E-state index contributed by atoms with van der Waals surface area (Å²) in [6.45, 7) is 3.47. The second-order valence-electron chi connectivity index (χ2n) is 3.60. The number of aliphatic hydroxyl groups is 1. The summed E-state index contributed by atoms with van der Waals surface area (Å²) in [6.07, 6.45) is 5.74. The third kappa shape index (κ3) is 3.11. The van der Waals surface area contributed by atoms with Crippen LogP contribution in [0.15, 0.2) is 0 Å². The monoisotopic (exact) mass is 172 g/mol. The molecule has 0 saturated heterocycles. The third-order valence-corrected chi connectivity index (χ3v) is 2.71. The molecule has 1 unspecified atom stereocenters. The van der Waals surface area contributed by atoms with Crippen molar-refractivity contribution in [2.75, 3.05) is 13.2 Å². The summed E-state index contributed by atoms with van der Waals surface area (Å²) in [5.41, 5.74) is 0. The van der Waals surface area contributed by atoms with E-state index in [0.717, 1.165) is 13.0 Å². The van der Waals surface area contributed by atoms with Crippen molar-refractivity contribution in [3.63, 3.8) is 0 Å². The van der Waals surface area contributed by atoms with Gasteiger partial charge in [-0.25, -0.2) is 0 Å². The summed E-state index contributed by atoms with van der Waals surface area (Å²) in [6, 6.07) is 0.